The van der Waals surface area contributed by atoms with E-state index in [0.29, 0.717) is 10.0 Å². The van der Waals surface area contributed by atoms with Gasteiger partial charge in [-0.15, -0.1) is 0 Å². The number of rotatable bonds is 5. The Morgan fingerprint density at radius 1 is 1.21 bits per heavy atom. The van der Waals surface area contributed by atoms with Gasteiger partial charge in [0, 0.05) is 12.4 Å². The van der Waals surface area contributed by atoms with Gasteiger partial charge in [-0.1, -0.05) is 29.3 Å². The van der Waals surface area contributed by atoms with Crippen molar-refractivity contribution in [2.45, 2.75) is 12.2 Å². The highest BCUT2D eigenvalue weighted by molar-refractivity contribution is 7.98. The van der Waals surface area contributed by atoms with Crippen LogP contribution in [0.1, 0.15) is 12.0 Å². The Bertz CT molecular complexity index is 291. The van der Waals surface area contributed by atoms with E-state index in [-0.39, 0.29) is 6.61 Å². The van der Waals surface area contributed by atoms with Gasteiger partial charge in [-0.25, -0.2) is 0 Å². The van der Waals surface area contributed by atoms with Crippen LogP contribution in [-0.2, 0) is 5.75 Å². The molecule has 78 valence electrons. The van der Waals surface area contributed by atoms with Crippen LogP contribution in [0, 0.1) is 0 Å². The maximum absolute atomic E-state index is 8.59. The quantitative estimate of drug-likeness (QED) is 0.807. The zero-order valence-electron chi connectivity index (χ0n) is 7.67. The third kappa shape index (κ3) is 4.09. The lowest BCUT2D eigenvalue weighted by molar-refractivity contribution is 0.296. The molecule has 0 aliphatic rings. The summed E-state index contributed by atoms with van der Waals surface area (Å²) in [7, 11) is 0. The van der Waals surface area contributed by atoms with E-state index in [1.807, 2.05) is 18.2 Å². The number of benzene rings is 1. The van der Waals surface area contributed by atoms with Gasteiger partial charge in [0.2, 0.25) is 0 Å². The summed E-state index contributed by atoms with van der Waals surface area (Å²) in [6.07, 6.45) is 0.839. The highest BCUT2D eigenvalue weighted by Crippen LogP contribution is 2.24. The molecule has 0 heterocycles. The summed E-state index contributed by atoms with van der Waals surface area (Å²) >= 11 is 13.4. The molecule has 0 radical (unpaired) electrons. The van der Waals surface area contributed by atoms with Crippen molar-refractivity contribution in [2.24, 2.45) is 0 Å². The number of aliphatic hydroxyl groups excluding tert-OH is 1. The third-order valence-corrected chi connectivity index (χ3v) is 3.55. The Labute approximate surface area is 98.4 Å². The highest BCUT2D eigenvalue weighted by Gasteiger charge is 1.99. The SMILES string of the molecule is OCCCSCc1ccc(Cl)c(Cl)c1. The maximum atomic E-state index is 8.59. The Balaban J connectivity index is 2.39. The topological polar surface area (TPSA) is 20.2 Å². The van der Waals surface area contributed by atoms with Crippen molar-refractivity contribution in [1.29, 1.82) is 0 Å². The maximum Gasteiger partial charge on any atom is 0.0595 e. The Morgan fingerprint density at radius 2 is 2.00 bits per heavy atom. The van der Waals surface area contributed by atoms with Gasteiger partial charge in [-0.2, -0.15) is 11.8 Å². The summed E-state index contributed by atoms with van der Waals surface area (Å²) in [4.78, 5) is 0. The first-order valence-corrected chi connectivity index (χ1v) is 6.27. The first kappa shape index (κ1) is 12.2. The number of hydrogen-bond donors (Lipinski definition) is 1. The Kier molecular flexibility index (Phi) is 5.71. The second-order valence-corrected chi connectivity index (χ2v) is 4.80. The summed E-state index contributed by atoms with van der Waals surface area (Å²) in [5, 5.41) is 9.79. The summed E-state index contributed by atoms with van der Waals surface area (Å²) in [6, 6.07) is 5.67. The smallest absolute Gasteiger partial charge is 0.0595 e. The molecule has 1 N–H and O–H groups in total. The highest BCUT2D eigenvalue weighted by atomic mass is 35.5. The molecule has 4 heteroatoms. The largest absolute Gasteiger partial charge is 0.396 e. The predicted molar refractivity (Wildman–Crippen MR) is 64.3 cm³/mol. The minimum absolute atomic E-state index is 0.258. The number of hydrogen-bond acceptors (Lipinski definition) is 2. The second-order valence-electron chi connectivity index (χ2n) is 2.88. The fraction of sp³-hybridized carbons (Fsp3) is 0.400. The third-order valence-electron chi connectivity index (χ3n) is 1.70. The molecule has 0 unspecified atom stereocenters. The summed E-state index contributed by atoms with van der Waals surface area (Å²) in [6.45, 7) is 0.258. The van der Waals surface area contributed by atoms with Gasteiger partial charge in [0.05, 0.1) is 10.0 Å². The minimum atomic E-state index is 0.258. The van der Waals surface area contributed by atoms with Gasteiger partial charge < -0.3 is 5.11 Å². The number of thioether (sulfide) groups is 1. The van der Waals surface area contributed by atoms with Crippen molar-refractivity contribution >= 4 is 35.0 Å². The predicted octanol–water partition coefficient (Wildman–Crippen LogP) is 3.61. The van der Waals surface area contributed by atoms with Gasteiger partial charge in [0.25, 0.3) is 0 Å². The lowest BCUT2D eigenvalue weighted by atomic mass is 10.2. The van der Waals surface area contributed by atoms with Crippen molar-refractivity contribution in [3.8, 4) is 0 Å². The molecule has 0 saturated heterocycles. The summed E-state index contributed by atoms with van der Waals surface area (Å²) < 4.78 is 0. The van der Waals surface area contributed by atoms with Gasteiger partial charge in [-0.3, -0.25) is 0 Å². The molecule has 1 aromatic carbocycles. The molecule has 1 nitrogen and oxygen atoms in total. The zero-order chi connectivity index (χ0) is 10.4. The van der Waals surface area contributed by atoms with Crippen molar-refractivity contribution in [1.82, 2.24) is 0 Å². The molecule has 0 atom stereocenters. The second kappa shape index (κ2) is 6.57. The van der Waals surface area contributed by atoms with Crippen LogP contribution in [0.5, 0.6) is 0 Å². The van der Waals surface area contributed by atoms with Crippen LogP contribution in [0.3, 0.4) is 0 Å². The van der Waals surface area contributed by atoms with Gasteiger partial charge in [-0.05, 0) is 29.9 Å². The van der Waals surface area contributed by atoms with Gasteiger partial charge in [0.15, 0.2) is 0 Å². The van der Waals surface area contributed by atoms with Crippen LogP contribution in [0.2, 0.25) is 10.0 Å². The van der Waals surface area contributed by atoms with Crippen molar-refractivity contribution < 1.29 is 5.11 Å². The van der Waals surface area contributed by atoms with Gasteiger partial charge >= 0.3 is 0 Å². The number of aliphatic hydroxyl groups is 1. The van der Waals surface area contributed by atoms with Crippen LogP contribution < -0.4 is 0 Å². The minimum Gasteiger partial charge on any atom is -0.396 e. The fourth-order valence-corrected chi connectivity index (χ4v) is 2.20. The lowest BCUT2D eigenvalue weighted by Gasteiger charge is -2.02. The molecular weight excluding hydrogens is 239 g/mol. The van der Waals surface area contributed by atoms with E-state index in [1.54, 1.807) is 11.8 Å². The summed E-state index contributed by atoms with van der Waals surface area (Å²) in [5.74, 6) is 1.88. The van der Waals surface area contributed by atoms with Crippen molar-refractivity contribution in [3.63, 3.8) is 0 Å². The molecular formula is C10H12Cl2OS. The molecule has 0 aliphatic heterocycles. The van der Waals surface area contributed by atoms with Crippen LogP contribution in [0.25, 0.3) is 0 Å². The van der Waals surface area contributed by atoms with Crippen molar-refractivity contribution in [2.75, 3.05) is 12.4 Å². The molecule has 0 aliphatic carbocycles. The van der Waals surface area contributed by atoms with E-state index in [2.05, 4.69) is 0 Å². The molecule has 1 aromatic rings. The van der Waals surface area contributed by atoms with E-state index >= 15 is 0 Å². The average Bonchev–Trinajstić information content (AvgIpc) is 2.18. The summed E-state index contributed by atoms with van der Waals surface area (Å²) in [5.41, 5.74) is 1.17. The van der Waals surface area contributed by atoms with Crippen LogP contribution >= 0.6 is 35.0 Å². The number of halogens is 2. The van der Waals surface area contributed by atoms with Crippen LogP contribution in [-0.4, -0.2) is 17.5 Å². The molecule has 0 amide bonds. The molecule has 1 rings (SSSR count). The molecule has 0 saturated carbocycles. The van der Waals surface area contributed by atoms with Crippen molar-refractivity contribution in [3.05, 3.63) is 33.8 Å². The van der Waals surface area contributed by atoms with Crippen LogP contribution in [0.4, 0.5) is 0 Å². The van der Waals surface area contributed by atoms with Crippen LogP contribution in [0.15, 0.2) is 18.2 Å². The lowest BCUT2D eigenvalue weighted by Crippen LogP contribution is -1.87. The molecule has 0 spiro atoms. The molecule has 0 fully saturated rings. The van der Waals surface area contributed by atoms with E-state index in [9.17, 15) is 0 Å². The first-order valence-electron chi connectivity index (χ1n) is 4.36. The fourth-order valence-electron chi connectivity index (χ4n) is 0.986. The van der Waals surface area contributed by atoms with E-state index < -0.39 is 0 Å². The van der Waals surface area contributed by atoms with E-state index in [4.69, 9.17) is 28.3 Å². The normalized spacial score (nSPS) is 10.5. The van der Waals surface area contributed by atoms with Gasteiger partial charge in [0.1, 0.15) is 0 Å². The molecule has 14 heavy (non-hydrogen) atoms. The standard InChI is InChI=1S/C10H12Cl2OS/c11-9-3-2-8(6-10(9)12)7-14-5-1-4-13/h2-3,6,13H,1,4-5,7H2. The Hall–Kier alpha value is 0.110. The zero-order valence-corrected chi connectivity index (χ0v) is 10.0. The first-order chi connectivity index (χ1) is 6.74. The monoisotopic (exact) mass is 250 g/mol. The molecule has 0 aromatic heterocycles. The van der Waals surface area contributed by atoms with E-state index in [0.717, 1.165) is 17.9 Å². The average molecular weight is 251 g/mol. The van der Waals surface area contributed by atoms with E-state index in [1.165, 1.54) is 5.56 Å². The molecule has 0 bridgehead atoms. The Morgan fingerprint density at radius 3 is 2.64 bits per heavy atom.